The van der Waals surface area contributed by atoms with E-state index in [1.54, 1.807) is 25.4 Å². The number of rotatable bonds is 2. The van der Waals surface area contributed by atoms with Gasteiger partial charge in [0.15, 0.2) is 12.5 Å². The third kappa shape index (κ3) is 6.57. The molecule has 0 radical (unpaired) electrons. The largest absolute Gasteiger partial charge is 0.469 e. The van der Waals surface area contributed by atoms with Crippen molar-refractivity contribution in [1.82, 2.24) is 9.97 Å². The number of aromatic amines is 1. The number of alkyl halides is 3. The lowest BCUT2D eigenvalue weighted by Crippen LogP contribution is -2.19. The van der Waals surface area contributed by atoms with Crippen molar-refractivity contribution in [2.45, 2.75) is 13.1 Å². The molecular weight excluding hydrogens is 245 g/mol. The van der Waals surface area contributed by atoms with Crippen molar-refractivity contribution in [3.63, 3.8) is 0 Å². The van der Waals surface area contributed by atoms with Gasteiger partial charge in [0.05, 0.1) is 0 Å². The molecular formula is C12H13F3N2O. The molecule has 1 N–H and O–H groups in total. The molecule has 0 unspecified atom stereocenters. The Morgan fingerprint density at radius 1 is 1.17 bits per heavy atom. The standard InChI is InChI=1S/C7H8F3NO.C5H5N/c1-5-2-3-6(11-5)12-4-7(8,9)10;1-2-4-6-5-3-1/h2-3,11H,4H2,1H3;1-5H. The van der Waals surface area contributed by atoms with Gasteiger partial charge in [-0.25, -0.2) is 0 Å². The Morgan fingerprint density at radius 3 is 2.17 bits per heavy atom. The van der Waals surface area contributed by atoms with Gasteiger partial charge < -0.3 is 9.72 Å². The van der Waals surface area contributed by atoms with Crippen LogP contribution < -0.4 is 4.74 Å². The molecule has 0 fully saturated rings. The van der Waals surface area contributed by atoms with Crippen LogP contribution in [0.4, 0.5) is 13.2 Å². The summed E-state index contributed by atoms with van der Waals surface area (Å²) in [6.45, 7) is 0.480. The average Bonchev–Trinajstić information content (AvgIpc) is 2.75. The maximum atomic E-state index is 11.6. The first-order valence-corrected chi connectivity index (χ1v) is 5.17. The number of H-pyrrole nitrogens is 1. The number of aryl methyl sites for hydroxylation is 1. The molecule has 6 heteroatoms. The molecule has 0 spiro atoms. The van der Waals surface area contributed by atoms with Gasteiger partial charge in [0.25, 0.3) is 0 Å². The maximum Gasteiger partial charge on any atom is 0.422 e. The van der Waals surface area contributed by atoms with E-state index in [9.17, 15) is 13.2 Å². The van der Waals surface area contributed by atoms with Gasteiger partial charge >= 0.3 is 6.18 Å². The summed E-state index contributed by atoms with van der Waals surface area (Å²) in [7, 11) is 0. The number of nitrogens with zero attached hydrogens (tertiary/aromatic N) is 1. The Labute approximate surface area is 103 Å². The Morgan fingerprint density at radius 2 is 1.83 bits per heavy atom. The molecule has 0 amide bonds. The van der Waals surface area contributed by atoms with Crippen LogP contribution in [-0.4, -0.2) is 22.8 Å². The maximum absolute atomic E-state index is 11.6. The zero-order valence-corrected chi connectivity index (χ0v) is 9.74. The van der Waals surface area contributed by atoms with Gasteiger partial charge in [0.1, 0.15) is 0 Å². The number of nitrogens with one attached hydrogen (secondary N) is 1. The normalized spacial score (nSPS) is 10.4. The second-order valence-electron chi connectivity index (χ2n) is 3.43. The minimum absolute atomic E-state index is 0.143. The van der Waals surface area contributed by atoms with Crippen LogP contribution in [0.5, 0.6) is 5.88 Å². The lowest BCUT2D eigenvalue weighted by molar-refractivity contribution is -0.154. The van der Waals surface area contributed by atoms with E-state index in [-0.39, 0.29) is 5.88 Å². The zero-order valence-electron chi connectivity index (χ0n) is 9.74. The molecule has 0 aliphatic carbocycles. The van der Waals surface area contributed by atoms with Crippen LogP contribution in [0.15, 0.2) is 42.7 Å². The predicted octanol–water partition coefficient (Wildman–Crippen LogP) is 3.35. The summed E-state index contributed by atoms with van der Waals surface area (Å²) in [4.78, 5) is 6.41. The van der Waals surface area contributed by atoms with E-state index in [1.165, 1.54) is 6.07 Å². The summed E-state index contributed by atoms with van der Waals surface area (Å²) in [5.74, 6) is 0.143. The second kappa shape index (κ2) is 6.68. The van der Waals surface area contributed by atoms with Crippen molar-refractivity contribution in [1.29, 1.82) is 0 Å². The molecule has 0 atom stereocenters. The summed E-state index contributed by atoms with van der Waals surface area (Å²) >= 11 is 0. The summed E-state index contributed by atoms with van der Waals surface area (Å²) in [6.07, 6.45) is -0.779. The first-order valence-electron chi connectivity index (χ1n) is 5.17. The monoisotopic (exact) mass is 258 g/mol. The number of halogens is 3. The smallest absolute Gasteiger partial charge is 0.422 e. The highest BCUT2D eigenvalue weighted by Gasteiger charge is 2.28. The fourth-order valence-corrected chi connectivity index (χ4v) is 1.03. The topological polar surface area (TPSA) is 37.9 Å². The molecule has 0 saturated carbocycles. The molecule has 0 aliphatic heterocycles. The fraction of sp³-hybridized carbons (Fsp3) is 0.250. The summed E-state index contributed by atoms with van der Waals surface area (Å²) in [5, 5.41) is 0. The number of pyridine rings is 1. The Bertz CT molecular complexity index is 413. The number of aromatic nitrogens is 2. The highest BCUT2D eigenvalue weighted by molar-refractivity contribution is 5.16. The SMILES string of the molecule is Cc1ccc(OCC(F)(F)F)[nH]1.c1ccncc1. The first-order chi connectivity index (χ1) is 8.47. The fourth-order valence-electron chi connectivity index (χ4n) is 1.03. The minimum Gasteiger partial charge on any atom is -0.469 e. The van der Waals surface area contributed by atoms with Crippen LogP contribution in [0.3, 0.4) is 0 Å². The van der Waals surface area contributed by atoms with E-state index >= 15 is 0 Å². The van der Waals surface area contributed by atoms with E-state index in [0.29, 0.717) is 0 Å². The Balaban J connectivity index is 0.000000225. The van der Waals surface area contributed by atoms with Gasteiger partial charge in [0, 0.05) is 18.1 Å². The van der Waals surface area contributed by atoms with Crippen molar-refractivity contribution in [2.75, 3.05) is 6.61 Å². The molecule has 18 heavy (non-hydrogen) atoms. The number of hydrogen-bond acceptors (Lipinski definition) is 2. The van der Waals surface area contributed by atoms with Crippen molar-refractivity contribution in [2.24, 2.45) is 0 Å². The van der Waals surface area contributed by atoms with E-state index < -0.39 is 12.8 Å². The van der Waals surface area contributed by atoms with Gasteiger partial charge in [-0.2, -0.15) is 13.2 Å². The molecule has 0 bridgehead atoms. The minimum atomic E-state index is -4.28. The average molecular weight is 258 g/mol. The third-order valence-electron chi connectivity index (χ3n) is 1.76. The molecule has 98 valence electrons. The van der Waals surface area contributed by atoms with E-state index in [2.05, 4.69) is 14.7 Å². The number of hydrogen-bond donors (Lipinski definition) is 1. The van der Waals surface area contributed by atoms with Crippen LogP contribution in [0, 0.1) is 6.92 Å². The van der Waals surface area contributed by atoms with Crippen molar-refractivity contribution < 1.29 is 17.9 Å². The predicted molar refractivity (Wildman–Crippen MR) is 61.3 cm³/mol. The zero-order chi connectivity index (χ0) is 13.4. The van der Waals surface area contributed by atoms with Gasteiger partial charge in [-0.05, 0) is 31.2 Å². The molecule has 2 aromatic heterocycles. The van der Waals surface area contributed by atoms with Gasteiger partial charge in [0.2, 0.25) is 0 Å². The molecule has 0 aliphatic rings. The highest BCUT2D eigenvalue weighted by Crippen LogP contribution is 2.17. The van der Waals surface area contributed by atoms with Gasteiger partial charge in [-0.15, -0.1) is 0 Å². The highest BCUT2D eigenvalue weighted by atomic mass is 19.4. The van der Waals surface area contributed by atoms with Crippen LogP contribution in [0.25, 0.3) is 0 Å². The van der Waals surface area contributed by atoms with Gasteiger partial charge in [-0.1, -0.05) is 6.07 Å². The van der Waals surface area contributed by atoms with Crippen LogP contribution in [0.2, 0.25) is 0 Å². The molecule has 2 heterocycles. The summed E-state index contributed by atoms with van der Waals surface area (Å²) in [5.41, 5.74) is 0.771. The van der Waals surface area contributed by atoms with E-state index in [4.69, 9.17) is 0 Å². The Kier molecular flexibility index (Phi) is 5.23. The summed E-state index contributed by atoms with van der Waals surface area (Å²) in [6, 6.07) is 8.82. The molecule has 0 saturated heterocycles. The van der Waals surface area contributed by atoms with Crippen LogP contribution in [-0.2, 0) is 0 Å². The van der Waals surface area contributed by atoms with E-state index in [1.807, 2.05) is 18.2 Å². The van der Waals surface area contributed by atoms with Crippen LogP contribution >= 0.6 is 0 Å². The number of ether oxygens (including phenoxy) is 1. The van der Waals surface area contributed by atoms with Crippen molar-refractivity contribution >= 4 is 0 Å². The second-order valence-corrected chi connectivity index (χ2v) is 3.43. The lowest BCUT2D eigenvalue weighted by atomic mass is 10.5. The molecule has 0 aromatic carbocycles. The van der Waals surface area contributed by atoms with Crippen LogP contribution in [0.1, 0.15) is 5.69 Å². The first kappa shape index (κ1) is 14.1. The third-order valence-corrected chi connectivity index (χ3v) is 1.76. The molecule has 2 aromatic rings. The van der Waals surface area contributed by atoms with Crippen molar-refractivity contribution in [3.8, 4) is 5.88 Å². The lowest BCUT2D eigenvalue weighted by Gasteiger charge is -2.06. The quantitative estimate of drug-likeness (QED) is 0.897. The Hall–Kier alpha value is -1.98. The molecule has 3 nitrogen and oxygen atoms in total. The molecule has 2 rings (SSSR count). The van der Waals surface area contributed by atoms with E-state index in [0.717, 1.165) is 5.69 Å². The summed E-state index contributed by atoms with van der Waals surface area (Å²) < 4.78 is 39.2. The van der Waals surface area contributed by atoms with Crippen molar-refractivity contribution in [3.05, 3.63) is 48.4 Å². The van der Waals surface area contributed by atoms with Gasteiger partial charge in [-0.3, -0.25) is 4.98 Å².